The normalized spacial score (nSPS) is 9.87. The van der Waals surface area contributed by atoms with Crippen LogP contribution in [0.15, 0.2) is 24.9 Å². The summed E-state index contributed by atoms with van der Waals surface area (Å²) in [5.41, 5.74) is 6.56. The molecular weight excluding hydrogens is 210 g/mol. The number of nitrogen functional groups attached to an aromatic ring is 1. The van der Waals surface area contributed by atoms with Crippen LogP contribution in [0.25, 0.3) is 0 Å². The maximum Gasteiger partial charge on any atom is 0.267 e. The fraction of sp³-hybridized carbons (Fsp3) is 0.300. The Hall–Kier alpha value is -1.36. The van der Waals surface area contributed by atoms with Gasteiger partial charge >= 0.3 is 0 Å². The highest BCUT2D eigenvalue weighted by Crippen LogP contribution is 2.04. The predicted octanol–water partition coefficient (Wildman–Crippen LogP) is 1.25. The molecule has 15 heavy (non-hydrogen) atoms. The summed E-state index contributed by atoms with van der Waals surface area (Å²) in [6, 6.07) is 1.62. The monoisotopic (exact) mass is 225 g/mol. The molecule has 1 amide bonds. The van der Waals surface area contributed by atoms with E-state index in [9.17, 15) is 4.79 Å². The molecule has 0 atom stereocenters. The van der Waals surface area contributed by atoms with Gasteiger partial charge in [0.25, 0.3) is 5.91 Å². The molecule has 0 aliphatic heterocycles. The number of nitrogens with two attached hydrogens (primary N) is 1. The van der Waals surface area contributed by atoms with Gasteiger partial charge in [-0.05, 0) is 6.07 Å². The summed E-state index contributed by atoms with van der Waals surface area (Å²) < 4.78 is 0. The number of H-pyrrole nitrogens is 1. The zero-order valence-corrected chi connectivity index (χ0v) is 9.27. The van der Waals surface area contributed by atoms with Crippen LogP contribution in [0.5, 0.6) is 0 Å². The highest BCUT2D eigenvalue weighted by Gasteiger charge is 2.05. The maximum atomic E-state index is 11.5. The molecule has 1 aromatic rings. The topological polar surface area (TPSA) is 70.9 Å². The van der Waals surface area contributed by atoms with Crippen molar-refractivity contribution in [3.05, 3.63) is 30.6 Å². The Morgan fingerprint density at radius 2 is 2.53 bits per heavy atom. The van der Waals surface area contributed by atoms with E-state index >= 15 is 0 Å². The number of carbonyl (C=O) groups is 1. The van der Waals surface area contributed by atoms with Gasteiger partial charge < -0.3 is 16.0 Å². The molecule has 0 saturated carbocycles. The molecule has 4 N–H and O–H groups in total. The summed E-state index contributed by atoms with van der Waals surface area (Å²) >= 11 is 1.73. The average Bonchev–Trinajstić information content (AvgIpc) is 2.64. The van der Waals surface area contributed by atoms with Crippen LogP contribution in [-0.4, -0.2) is 28.9 Å². The summed E-state index contributed by atoms with van der Waals surface area (Å²) in [5.74, 6) is 1.67. The second-order valence-electron chi connectivity index (χ2n) is 2.97. The van der Waals surface area contributed by atoms with Gasteiger partial charge in [0.1, 0.15) is 5.69 Å². The molecule has 0 aliphatic rings. The van der Waals surface area contributed by atoms with Crippen LogP contribution < -0.4 is 11.1 Å². The van der Waals surface area contributed by atoms with Crippen LogP contribution in [0.1, 0.15) is 10.5 Å². The van der Waals surface area contributed by atoms with Crippen molar-refractivity contribution in [1.82, 2.24) is 10.3 Å². The van der Waals surface area contributed by atoms with Crippen molar-refractivity contribution >= 4 is 23.4 Å². The second kappa shape index (κ2) is 6.19. The third-order valence-electron chi connectivity index (χ3n) is 1.72. The van der Waals surface area contributed by atoms with Crippen LogP contribution in [0, 0.1) is 0 Å². The van der Waals surface area contributed by atoms with Gasteiger partial charge in [-0.2, -0.15) is 11.8 Å². The lowest BCUT2D eigenvalue weighted by molar-refractivity contribution is 0.0952. The largest absolute Gasteiger partial charge is 0.397 e. The Labute approximate surface area is 93.3 Å². The molecule has 0 saturated heterocycles. The molecule has 0 aliphatic carbocycles. The molecule has 1 aromatic heterocycles. The number of carbonyl (C=O) groups excluding carboxylic acids is 1. The van der Waals surface area contributed by atoms with Crippen molar-refractivity contribution in [1.29, 1.82) is 0 Å². The molecule has 0 spiro atoms. The van der Waals surface area contributed by atoms with E-state index in [2.05, 4.69) is 16.9 Å². The number of rotatable bonds is 6. The lowest BCUT2D eigenvalue weighted by atomic mass is 10.4. The minimum Gasteiger partial charge on any atom is -0.397 e. The highest BCUT2D eigenvalue weighted by molar-refractivity contribution is 7.99. The smallest absolute Gasteiger partial charge is 0.267 e. The van der Waals surface area contributed by atoms with Crippen molar-refractivity contribution in [2.75, 3.05) is 23.8 Å². The minimum atomic E-state index is -0.120. The Kier molecular flexibility index (Phi) is 4.83. The number of hydrogen-bond donors (Lipinski definition) is 3. The van der Waals surface area contributed by atoms with E-state index in [4.69, 9.17) is 5.73 Å². The first-order valence-electron chi connectivity index (χ1n) is 4.64. The first kappa shape index (κ1) is 11.7. The van der Waals surface area contributed by atoms with Crippen molar-refractivity contribution in [2.24, 2.45) is 0 Å². The van der Waals surface area contributed by atoms with E-state index in [0.29, 0.717) is 17.9 Å². The summed E-state index contributed by atoms with van der Waals surface area (Å²) in [7, 11) is 0. The Bertz CT molecular complexity index is 335. The molecule has 0 radical (unpaired) electrons. The number of aromatic amines is 1. The molecule has 0 unspecified atom stereocenters. The third-order valence-corrected chi connectivity index (χ3v) is 2.68. The summed E-state index contributed by atoms with van der Waals surface area (Å²) in [4.78, 5) is 14.3. The number of aromatic nitrogens is 1. The Balaban J connectivity index is 2.22. The van der Waals surface area contributed by atoms with Gasteiger partial charge in [0.15, 0.2) is 0 Å². The standard InChI is InChI=1S/C10H15N3OS/c1-2-4-15-5-3-12-10(14)9-6-8(11)7-13-9/h2,6-7,13H,1,3-5,11H2,(H,12,14). The van der Waals surface area contributed by atoms with E-state index in [0.717, 1.165) is 11.5 Å². The molecule has 0 bridgehead atoms. The fourth-order valence-electron chi connectivity index (χ4n) is 1.04. The minimum absolute atomic E-state index is 0.120. The van der Waals surface area contributed by atoms with Crippen LogP contribution in [-0.2, 0) is 0 Å². The van der Waals surface area contributed by atoms with E-state index in [1.54, 1.807) is 24.0 Å². The average molecular weight is 225 g/mol. The Morgan fingerprint density at radius 1 is 1.73 bits per heavy atom. The van der Waals surface area contributed by atoms with E-state index < -0.39 is 0 Å². The quantitative estimate of drug-likeness (QED) is 0.504. The van der Waals surface area contributed by atoms with Gasteiger partial charge in [-0.1, -0.05) is 6.08 Å². The van der Waals surface area contributed by atoms with E-state index in [-0.39, 0.29) is 5.91 Å². The number of amides is 1. The molecule has 1 rings (SSSR count). The van der Waals surface area contributed by atoms with Gasteiger partial charge in [-0.25, -0.2) is 0 Å². The lowest BCUT2D eigenvalue weighted by Crippen LogP contribution is -2.26. The molecule has 82 valence electrons. The van der Waals surface area contributed by atoms with Crippen LogP contribution >= 0.6 is 11.8 Å². The van der Waals surface area contributed by atoms with Gasteiger partial charge in [0, 0.05) is 29.9 Å². The van der Waals surface area contributed by atoms with Crippen molar-refractivity contribution < 1.29 is 4.79 Å². The van der Waals surface area contributed by atoms with Crippen molar-refractivity contribution in [2.45, 2.75) is 0 Å². The van der Waals surface area contributed by atoms with Crippen molar-refractivity contribution in [3.63, 3.8) is 0 Å². The highest BCUT2D eigenvalue weighted by atomic mass is 32.2. The number of hydrogen-bond acceptors (Lipinski definition) is 3. The maximum absolute atomic E-state index is 11.5. The number of nitrogens with one attached hydrogen (secondary N) is 2. The predicted molar refractivity (Wildman–Crippen MR) is 65.1 cm³/mol. The van der Waals surface area contributed by atoms with E-state index in [1.807, 2.05) is 6.08 Å². The zero-order chi connectivity index (χ0) is 11.1. The van der Waals surface area contributed by atoms with Gasteiger partial charge in [0.2, 0.25) is 0 Å². The summed E-state index contributed by atoms with van der Waals surface area (Å²) in [5, 5.41) is 2.79. The van der Waals surface area contributed by atoms with Crippen LogP contribution in [0.2, 0.25) is 0 Å². The molecule has 4 nitrogen and oxygen atoms in total. The molecule has 1 heterocycles. The number of thioether (sulfide) groups is 1. The number of anilines is 1. The van der Waals surface area contributed by atoms with Gasteiger partial charge in [-0.3, -0.25) is 4.79 Å². The second-order valence-corrected chi connectivity index (χ2v) is 4.12. The van der Waals surface area contributed by atoms with Crippen LogP contribution in [0.3, 0.4) is 0 Å². The summed E-state index contributed by atoms with van der Waals surface area (Å²) in [6.07, 6.45) is 3.44. The lowest BCUT2D eigenvalue weighted by Gasteiger charge is -2.02. The van der Waals surface area contributed by atoms with Gasteiger partial charge in [0.05, 0.1) is 0 Å². The molecular formula is C10H15N3OS. The van der Waals surface area contributed by atoms with Crippen molar-refractivity contribution in [3.8, 4) is 0 Å². The first-order chi connectivity index (χ1) is 7.24. The molecule has 5 heteroatoms. The Morgan fingerprint density at radius 3 is 3.13 bits per heavy atom. The van der Waals surface area contributed by atoms with Crippen LogP contribution in [0.4, 0.5) is 5.69 Å². The SMILES string of the molecule is C=CCSCCNC(=O)c1cc(N)c[nH]1. The fourth-order valence-corrected chi connectivity index (χ4v) is 1.62. The molecule has 0 fully saturated rings. The van der Waals surface area contributed by atoms with E-state index in [1.165, 1.54) is 0 Å². The first-order valence-corrected chi connectivity index (χ1v) is 5.80. The zero-order valence-electron chi connectivity index (χ0n) is 8.45. The summed E-state index contributed by atoms with van der Waals surface area (Å²) in [6.45, 7) is 4.27. The third kappa shape index (κ3) is 4.12. The van der Waals surface area contributed by atoms with Gasteiger partial charge in [-0.15, -0.1) is 6.58 Å². The molecule has 0 aromatic carbocycles.